The molecule has 3 aliphatic carbocycles. The lowest BCUT2D eigenvalue weighted by atomic mass is 9.93. The first-order valence-electron chi connectivity index (χ1n) is 16.6. The van der Waals surface area contributed by atoms with Crippen molar-refractivity contribution < 1.29 is 32.2 Å². The number of rotatable bonds is 13. The maximum absolute atomic E-state index is 15.1. The van der Waals surface area contributed by atoms with E-state index in [0.29, 0.717) is 47.9 Å². The van der Waals surface area contributed by atoms with Crippen molar-refractivity contribution in [1.82, 2.24) is 24.4 Å². The zero-order chi connectivity index (χ0) is 33.9. The fourth-order valence-corrected chi connectivity index (χ4v) is 9.35. The van der Waals surface area contributed by atoms with Crippen LogP contribution in [0.3, 0.4) is 0 Å². The van der Waals surface area contributed by atoms with Gasteiger partial charge in [0.05, 0.1) is 17.9 Å². The second-order valence-corrected chi connectivity index (χ2v) is 16.0. The number of carboxylic acid groups (broad SMARTS) is 1. The van der Waals surface area contributed by atoms with Crippen molar-refractivity contribution in [2.24, 2.45) is 22.7 Å². The van der Waals surface area contributed by atoms with Crippen molar-refractivity contribution in [2.75, 3.05) is 25.0 Å². The molecule has 0 bridgehead atoms. The first kappa shape index (κ1) is 32.4. The van der Waals surface area contributed by atoms with Crippen LogP contribution in [0.15, 0.2) is 53.7 Å². The van der Waals surface area contributed by atoms with Crippen molar-refractivity contribution in [2.45, 2.75) is 75.8 Å². The van der Waals surface area contributed by atoms with Gasteiger partial charge in [-0.1, -0.05) is 6.07 Å². The Balaban J connectivity index is 0.900. The molecule has 4 fully saturated rings. The molecule has 14 heteroatoms. The Morgan fingerprint density at radius 3 is 2.50 bits per heavy atom. The molecule has 3 aromatic rings. The summed E-state index contributed by atoms with van der Waals surface area (Å²) in [6, 6.07) is 9.86. The highest BCUT2D eigenvalue weighted by atomic mass is 32.2. The molecule has 256 valence electrons. The van der Waals surface area contributed by atoms with E-state index in [4.69, 9.17) is 4.74 Å². The summed E-state index contributed by atoms with van der Waals surface area (Å²) >= 11 is 0. The van der Waals surface area contributed by atoms with E-state index in [9.17, 15) is 23.1 Å². The molecule has 1 atom stereocenters. The minimum absolute atomic E-state index is 0.236. The number of hydrogen-bond acceptors (Lipinski definition) is 8. The van der Waals surface area contributed by atoms with E-state index in [-0.39, 0.29) is 5.92 Å². The van der Waals surface area contributed by atoms with Gasteiger partial charge in [-0.3, -0.25) is 4.79 Å². The lowest BCUT2D eigenvalue weighted by molar-refractivity contribution is 0.0976. The Bertz CT molecular complexity index is 1840. The van der Waals surface area contributed by atoms with Gasteiger partial charge in [-0.25, -0.2) is 23.6 Å². The fourth-order valence-electron chi connectivity index (χ4n) is 8.41. The van der Waals surface area contributed by atoms with Crippen molar-refractivity contribution in [3.63, 3.8) is 0 Å². The number of aromatic nitrogens is 3. The van der Waals surface area contributed by atoms with E-state index in [1.54, 1.807) is 18.3 Å². The molecule has 1 aliphatic heterocycles. The van der Waals surface area contributed by atoms with Crippen LogP contribution in [0.25, 0.3) is 5.69 Å². The van der Waals surface area contributed by atoms with Crippen LogP contribution < -0.4 is 14.8 Å². The second-order valence-electron chi connectivity index (χ2n) is 14.4. The van der Waals surface area contributed by atoms with Gasteiger partial charge in [-0.2, -0.15) is 8.42 Å². The van der Waals surface area contributed by atoms with Gasteiger partial charge in [0, 0.05) is 37.0 Å². The van der Waals surface area contributed by atoms with Crippen LogP contribution in [-0.4, -0.2) is 70.4 Å². The quantitative estimate of drug-likeness (QED) is 0.200. The topological polar surface area (TPSA) is 156 Å². The summed E-state index contributed by atoms with van der Waals surface area (Å²) in [5, 5.41) is 16.5. The van der Waals surface area contributed by atoms with E-state index in [2.05, 4.69) is 15.4 Å². The third-order valence-electron chi connectivity index (χ3n) is 11.0. The summed E-state index contributed by atoms with van der Waals surface area (Å²) in [5.74, 6) is -0.278. The van der Waals surface area contributed by atoms with Crippen LogP contribution in [0.5, 0.6) is 5.88 Å². The standard InChI is InChI=1S/C34H41FN6O6S/c1-32(2)20-22(21-40(32)31(43)44)5-4-16-36-27-6-3-7-29(37-27)48(45,46)39-30(42)24-9-8-23(19-25(24)35)41-17-10-28(38-41)47-18-11-26-33(12-13-33)34(26)14-15-34/h3,6-10,17,19,22,26H,4-5,11-16,18,20-21H2,1-2H3,(H,36,37)(H,39,42)(H,43,44)/t22-/m0/s1. The molecule has 3 saturated carbocycles. The van der Waals surface area contributed by atoms with Crippen molar-refractivity contribution in [1.29, 1.82) is 0 Å². The van der Waals surface area contributed by atoms with Crippen LogP contribution in [0.4, 0.5) is 15.0 Å². The maximum atomic E-state index is 15.1. The largest absolute Gasteiger partial charge is 0.477 e. The Hall–Kier alpha value is -4.20. The number of anilines is 1. The number of carbonyl (C=O) groups excluding carboxylic acids is 1. The average molecular weight is 681 g/mol. The number of nitrogens with one attached hydrogen (secondary N) is 2. The summed E-state index contributed by atoms with van der Waals surface area (Å²) in [6.45, 7) is 5.41. The molecule has 2 aromatic heterocycles. The summed E-state index contributed by atoms with van der Waals surface area (Å²) < 4.78 is 50.3. The molecule has 4 aliphatic rings. The van der Waals surface area contributed by atoms with E-state index in [1.165, 1.54) is 59.5 Å². The highest BCUT2D eigenvalue weighted by Gasteiger charge is 2.85. The molecule has 1 aromatic carbocycles. The second kappa shape index (κ2) is 11.7. The van der Waals surface area contributed by atoms with Gasteiger partial charge in [0.2, 0.25) is 5.88 Å². The number of fused-ring (bicyclic) bond motifs is 1. The van der Waals surface area contributed by atoms with Crippen LogP contribution >= 0.6 is 0 Å². The summed E-state index contributed by atoms with van der Waals surface area (Å²) in [4.78, 5) is 30.0. The molecule has 2 amide bonds. The molecule has 0 radical (unpaired) electrons. The first-order chi connectivity index (χ1) is 22.8. The normalized spacial score (nSPS) is 21.3. The summed E-state index contributed by atoms with van der Waals surface area (Å²) in [6.07, 6.45) is 9.50. The highest BCUT2D eigenvalue weighted by Crippen LogP contribution is 2.93. The number of carbonyl (C=O) groups is 2. The third kappa shape index (κ3) is 5.99. The smallest absolute Gasteiger partial charge is 0.407 e. The van der Waals surface area contributed by atoms with Crippen molar-refractivity contribution >= 4 is 27.8 Å². The molecular formula is C34H41FN6O6S. The highest BCUT2D eigenvalue weighted by molar-refractivity contribution is 7.90. The van der Waals surface area contributed by atoms with Crippen LogP contribution in [0, 0.1) is 28.5 Å². The minimum atomic E-state index is -4.41. The van der Waals surface area contributed by atoms with Crippen LogP contribution in [-0.2, 0) is 10.0 Å². The summed E-state index contributed by atoms with van der Waals surface area (Å²) in [7, 11) is -4.41. The molecule has 1 saturated heterocycles. The first-order valence-corrected chi connectivity index (χ1v) is 18.1. The lowest BCUT2D eigenvalue weighted by Gasteiger charge is -2.28. The number of pyridine rings is 1. The monoisotopic (exact) mass is 680 g/mol. The van der Waals surface area contributed by atoms with Gasteiger partial charge in [-0.15, -0.1) is 5.10 Å². The number of sulfonamides is 1. The number of hydrogen-bond donors (Lipinski definition) is 3. The molecular weight excluding hydrogens is 639 g/mol. The van der Waals surface area contributed by atoms with Gasteiger partial charge in [0.15, 0.2) is 5.03 Å². The minimum Gasteiger partial charge on any atom is -0.477 e. The van der Waals surface area contributed by atoms with Gasteiger partial charge < -0.3 is 20.1 Å². The predicted octanol–water partition coefficient (Wildman–Crippen LogP) is 5.45. The zero-order valence-electron chi connectivity index (χ0n) is 27.1. The van der Waals surface area contributed by atoms with E-state index in [1.807, 2.05) is 18.6 Å². The number of nitrogens with zero attached hydrogens (tertiary/aromatic N) is 4. The van der Waals surface area contributed by atoms with E-state index in [0.717, 1.165) is 37.7 Å². The number of benzene rings is 1. The molecule has 3 heterocycles. The van der Waals surface area contributed by atoms with Gasteiger partial charge >= 0.3 is 6.09 Å². The molecule has 7 rings (SSSR count). The Morgan fingerprint density at radius 2 is 1.83 bits per heavy atom. The molecule has 3 N–H and O–H groups in total. The Labute approximate surface area is 279 Å². The summed E-state index contributed by atoms with van der Waals surface area (Å²) in [5.41, 5.74) is 0.764. The van der Waals surface area contributed by atoms with Crippen LogP contribution in [0.2, 0.25) is 0 Å². The third-order valence-corrected chi connectivity index (χ3v) is 12.2. The Morgan fingerprint density at radius 1 is 1.08 bits per heavy atom. The van der Waals surface area contributed by atoms with Gasteiger partial charge in [0.1, 0.15) is 11.6 Å². The van der Waals surface area contributed by atoms with E-state index < -0.39 is 44.0 Å². The molecule has 48 heavy (non-hydrogen) atoms. The van der Waals surface area contributed by atoms with E-state index >= 15 is 4.39 Å². The fraction of sp³-hybridized carbons (Fsp3) is 0.529. The molecule has 12 nitrogen and oxygen atoms in total. The van der Waals surface area contributed by atoms with Gasteiger partial charge in [-0.05, 0) is 112 Å². The molecule has 2 spiro atoms. The average Bonchev–Trinajstić information content (AvgIpc) is 3.98. The Kier molecular flexibility index (Phi) is 7.92. The van der Waals surface area contributed by atoms with Crippen molar-refractivity contribution in [3.05, 3.63) is 60.0 Å². The van der Waals surface area contributed by atoms with Crippen molar-refractivity contribution in [3.8, 4) is 11.6 Å². The van der Waals surface area contributed by atoms with Gasteiger partial charge in [0.25, 0.3) is 15.9 Å². The lowest BCUT2D eigenvalue weighted by Crippen LogP contribution is -2.41. The number of likely N-dealkylation sites (tertiary alicyclic amines) is 1. The number of ether oxygens (including phenoxy) is 1. The number of halogens is 1. The van der Waals surface area contributed by atoms with Crippen LogP contribution in [0.1, 0.15) is 75.6 Å². The predicted molar refractivity (Wildman–Crippen MR) is 174 cm³/mol. The molecule has 0 unspecified atom stereocenters. The zero-order valence-corrected chi connectivity index (χ0v) is 27.9. The number of amides is 2. The SMILES string of the molecule is CC1(C)C[C@H](CCCNc2cccc(S(=O)(=O)NC(=O)c3ccc(-n4ccc(OCCC5C6(CC6)C56CC6)n4)cc3F)n2)CN1C(=O)O. The maximum Gasteiger partial charge on any atom is 0.407 e.